The lowest BCUT2D eigenvalue weighted by Crippen LogP contribution is -2.39. The van der Waals surface area contributed by atoms with E-state index in [2.05, 4.69) is 27.8 Å². The second-order valence-corrected chi connectivity index (χ2v) is 7.79. The van der Waals surface area contributed by atoms with Crippen molar-refractivity contribution in [3.05, 3.63) is 35.5 Å². The number of para-hydroxylation sites is 2. The Morgan fingerprint density at radius 1 is 1.32 bits per heavy atom. The summed E-state index contributed by atoms with van der Waals surface area (Å²) in [6, 6.07) is 7.95. The van der Waals surface area contributed by atoms with Crippen LogP contribution in [0.25, 0.3) is 0 Å². The van der Waals surface area contributed by atoms with Crippen LogP contribution in [-0.4, -0.2) is 53.3 Å². The molecule has 0 bridgehead atoms. The van der Waals surface area contributed by atoms with Crippen LogP contribution in [0.3, 0.4) is 0 Å². The van der Waals surface area contributed by atoms with Gasteiger partial charge in [-0.1, -0.05) is 12.1 Å². The molecule has 25 heavy (non-hydrogen) atoms. The van der Waals surface area contributed by atoms with E-state index in [9.17, 15) is 5.11 Å². The van der Waals surface area contributed by atoms with Crippen molar-refractivity contribution < 1.29 is 9.84 Å². The van der Waals surface area contributed by atoms with Gasteiger partial charge in [-0.05, 0) is 49.8 Å². The highest BCUT2D eigenvalue weighted by Gasteiger charge is 2.26. The fourth-order valence-electron chi connectivity index (χ4n) is 3.19. The Morgan fingerprint density at radius 2 is 2.08 bits per heavy atom. The van der Waals surface area contributed by atoms with Crippen LogP contribution >= 0.6 is 11.9 Å². The van der Waals surface area contributed by atoms with Crippen LogP contribution < -0.4 is 15.8 Å². The van der Waals surface area contributed by atoms with E-state index in [0.29, 0.717) is 24.4 Å². The third kappa shape index (κ3) is 5.20. The molecule has 0 aromatic heterocycles. The molecule has 2 aliphatic rings. The topological polar surface area (TPSA) is 74.0 Å². The van der Waals surface area contributed by atoms with Crippen molar-refractivity contribution in [1.29, 1.82) is 0 Å². The number of hydrogen-bond donors (Lipinski definition) is 3. The summed E-state index contributed by atoms with van der Waals surface area (Å²) in [4.78, 5) is 2.13. The summed E-state index contributed by atoms with van der Waals surface area (Å²) in [5.74, 6) is 0.725. The predicted octanol–water partition coefficient (Wildman–Crippen LogP) is 2.28. The van der Waals surface area contributed by atoms with Crippen molar-refractivity contribution in [2.24, 2.45) is 5.73 Å². The van der Waals surface area contributed by atoms with Crippen molar-refractivity contribution in [2.75, 3.05) is 26.9 Å². The molecule has 0 saturated heterocycles. The lowest BCUT2D eigenvalue weighted by Gasteiger charge is -2.35. The number of aromatic hydroxyl groups is 1. The molecule has 7 heteroatoms. The number of hydrogen-bond acceptors (Lipinski definition) is 7. The molecule has 1 aliphatic carbocycles. The minimum atomic E-state index is 0.187. The third-order valence-corrected chi connectivity index (χ3v) is 5.80. The van der Waals surface area contributed by atoms with Gasteiger partial charge in [0.2, 0.25) is 0 Å². The van der Waals surface area contributed by atoms with E-state index in [-0.39, 0.29) is 5.75 Å². The first-order chi connectivity index (χ1) is 12.1. The monoisotopic (exact) mass is 364 g/mol. The standard InChI is InChI=1S/C18H28N4O2S/c1-21-12-18(20-13-21)25-22(15-8-6-14(19)7-9-15)10-11-24-17-5-3-2-4-16(17)23/h2-5,12,14-15,20,23H,6-11,13,19H2,1H3. The van der Waals surface area contributed by atoms with Crippen molar-refractivity contribution in [1.82, 2.24) is 14.5 Å². The molecular formula is C18H28N4O2S. The Hall–Kier alpha value is -1.57. The fourth-order valence-corrected chi connectivity index (χ4v) is 4.33. The lowest BCUT2D eigenvalue weighted by molar-refractivity contribution is 0.213. The Labute approximate surface area is 154 Å². The molecule has 1 aromatic carbocycles. The van der Waals surface area contributed by atoms with Crippen LogP contribution in [0.2, 0.25) is 0 Å². The van der Waals surface area contributed by atoms with E-state index in [4.69, 9.17) is 10.5 Å². The molecule has 1 heterocycles. The van der Waals surface area contributed by atoms with Gasteiger partial charge >= 0.3 is 0 Å². The van der Waals surface area contributed by atoms with Crippen molar-refractivity contribution in [2.45, 2.75) is 37.8 Å². The Morgan fingerprint density at radius 3 is 2.76 bits per heavy atom. The minimum Gasteiger partial charge on any atom is -0.504 e. The van der Waals surface area contributed by atoms with Crippen LogP contribution in [0.5, 0.6) is 11.5 Å². The average molecular weight is 365 g/mol. The first-order valence-electron chi connectivity index (χ1n) is 8.89. The highest BCUT2D eigenvalue weighted by molar-refractivity contribution is 8.00. The molecule has 1 saturated carbocycles. The zero-order valence-corrected chi connectivity index (χ0v) is 15.5. The Kier molecular flexibility index (Phi) is 6.34. The molecule has 0 spiro atoms. The maximum absolute atomic E-state index is 9.83. The highest BCUT2D eigenvalue weighted by atomic mass is 32.2. The highest BCUT2D eigenvalue weighted by Crippen LogP contribution is 2.31. The van der Waals surface area contributed by atoms with E-state index in [1.165, 1.54) is 5.03 Å². The average Bonchev–Trinajstić information content (AvgIpc) is 3.01. The molecule has 4 N–H and O–H groups in total. The Bertz CT molecular complexity index is 590. The second-order valence-electron chi connectivity index (χ2n) is 6.70. The number of rotatable bonds is 7. The largest absolute Gasteiger partial charge is 0.504 e. The number of nitrogens with one attached hydrogen (secondary N) is 1. The van der Waals surface area contributed by atoms with Crippen LogP contribution in [0.4, 0.5) is 0 Å². The van der Waals surface area contributed by atoms with Crippen molar-refractivity contribution in [3.8, 4) is 11.5 Å². The van der Waals surface area contributed by atoms with E-state index in [1.54, 1.807) is 30.1 Å². The SMILES string of the molecule is CN1C=C(SN(CCOc2ccccc2O)C2CCC(N)CC2)NC1. The summed E-state index contributed by atoms with van der Waals surface area (Å²) in [6.07, 6.45) is 6.53. The maximum atomic E-state index is 9.83. The summed E-state index contributed by atoms with van der Waals surface area (Å²) in [5.41, 5.74) is 6.06. The first-order valence-corrected chi connectivity index (χ1v) is 9.66. The Balaban J connectivity index is 1.57. The summed E-state index contributed by atoms with van der Waals surface area (Å²) >= 11 is 1.76. The summed E-state index contributed by atoms with van der Waals surface area (Å²) < 4.78 is 8.19. The molecule has 0 unspecified atom stereocenters. The first kappa shape index (κ1) is 18.2. The smallest absolute Gasteiger partial charge is 0.160 e. The van der Waals surface area contributed by atoms with Gasteiger partial charge in [0.05, 0.1) is 6.67 Å². The number of nitrogens with two attached hydrogens (primary N) is 1. The van der Waals surface area contributed by atoms with E-state index in [1.807, 2.05) is 6.07 Å². The van der Waals surface area contributed by atoms with E-state index in [0.717, 1.165) is 38.9 Å². The summed E-state index contributed by atoms with van der Waals surface area (Å²) in [6.45, 7) is 2.18. The summed E-state index contributed by atoms with van der Waals surface area (Å²) in [7, 11) is 2.06. The molecule has 1 aromatic rings. The number of phenols is 1. The number of phenolic OH excluding ortho intramolecular Hbond substituents is 1. The van der Waals surface area contributed by atoms with E-state index < -0.39 is 0 Å². The van der Waals surface area contributed by atoms with Gasteiger partial charge in [-0.25, -0.2) is 4.31 Å². The zero-order chi connectivity index (χ0) is 17.6. The van der Waals surface area contributed by atoms with Crippen molar-refractivity contribution in [3.63, 3.8) is 0 Å². The second kappa shape index (κ2) is 8.69. The normalized spacial score (nSPS) is 23.5. The molecule has 6 nitrogen and oxygen atoms in total. The molecule has 138 valence electrons. The third-order valence-electron chi connectivity index (χ3n) is 4.64. The van der Waals surface area contributed by atoms with Crippen molar-refractivity contribution >= 4 is 11.9 Å². The van der Waals surface area contributed by atoms with Gasteiger partial charge in [-0.3, -0.25) is 0 Å². The molecule has 0 amide bonds. The van der Waals surface area contributed by atoms with E-state index >= 15 is 0 Å². The van der Waals surface area contributed by atoms with Crippen LogP contribution in [0, 0.1) is 0 Å². The minimum absolute atomic E-state index is 0.187. The van der Waals surface area contributed by atoms with Gasteiger partial charge in [0.25, 0.3) is 0 Å². The fraction of sp³-hybridized carbons (Fsp3) is 0.556. The van der Waals surface area contributed by atoms with Gasteiger partial charge in [0.1, 0.15) is 11.6 Å². The zero-order valence-electron chi connectivity index (χ0n) is 14.7. The molecule has 1 aliphatic heterocycles. The van der Waals surface area contributed by atoms with Gasteiger partial charge in [-0.2, -0.15) is 0 Å². The van der Waals surface area contributed by atoms with Crippen LogP contribution in [0.15, 0.2) is 35.5 Å². The van der Waals surface area contributed by atoms with Gasteiger partial charge < -0.3 is 25.8 Å². The number of benzene rings is 1. The number of nitrogens with zero attached hydrogens (tertiary/aromatic N) is 2. The number of ether oxygens (including phenoxy) is 1. The lowest BCUT2D eigenvalue weighted by atomic mass is 9.92. The van der Waals surface area contributed by atoms with Gasteiger partial charge in [0.15, 0.2) is 11.5 Å². The van der Waals surface area contributed by atoms with Gasteiger partial charge in [-0.15, -0.1) is 0 Å². The molecule has 0 radical (unpaired) electrons. The predicted molar refractivity (Wildman–Crippen MR) is 102 cm³/mol. The van der Waals surface area contributed by atoms with Crippen LogP contribution in [0.1, 0.15) is 25.7 Å². The molecule has 1 fully saturated rings. The van der Waals surface area contributed by atoms with Gasteiger partial charge in [0, 0.05) is 31.9 Å². The molecular weight excluding hydrogens is 336 g/mol. The maximum Gasteiger partial charge on any atom is 0.160 e. The van der Waals surface area contributed by atoms with Crippen LogP contribution in [-0.2, 0) is 0 Å². The molecule has 0 atom stereocenters. The molecule has 3 rings (SSSR count). The summed E-state index contributed by atoms with van der Waals surface area (Å²) in [5, 5.41) is 14.4. The quantitative estimate of drug-likeness (QED) is 0.641.